The highest BCUT2D eigenvalue weighted by atomic mass is 35.5. The number of amides is 1. The van der Waals surface area contributed by atoms with Crippen molar-refractivity contribution in [2.24, 2.45) is 0 Å². The van der Waals surface area contributed by atoms with Gasteiger partial charge in [-0.3, -0.25) is 10.1 Å². The molecular formula is C15H13ClF3N3O3S2. The van der Waals surface area contributed by atoms with Gasteiger partial charge >= 0.3 is 6.18 Å². The second-order valence-electron chi connectivity index (χ2n) is 5.74. The van der Waals surface area contributed by atoms with E-state index in [-0.39, 0.29) is 20.6 Å². The van der Waals surface area contributed by atoms with Gasteiger partial charge in [0.2, 0.25) is 10.0 Å². The van der Waals surface area contributed by atoms with Crippen molar-refractivity contribution in [1.82, 2.24) is 9.29 Å². The normalized spacial score (nSPS) is 15.9. The highest BCUT2D eigenvalue weighted by Gasteiger charge is 2.34. The van der Waals surface area contributed by atoms with Crippen molar-refractivity contribution in [2.45, 2.75) is 23.9 Å². The van der Waals surface area contributed by atoms with Crippen molar-refractivity contribution >= 4 is 44.0 Å². The van der Waals surface area contributed by atoms with Crippen LogP contribution >= 0.6 is 22.9 Å². The first-order chi connectivity index (χ1) is 12.6. The molecule has 2 aromatic rings. The van der Waals surface area contributed by atoms with Gasteiger partial charge in [0, 0.05) is 18.5 Å². The van der Waals surface area contributed by atoms with Crippen LogP contribution in [0, 0.1) is 0 Å². The van der Waals surface area contributed by atoms with Gasteiger partial charge in [0.15, 0.2) is 10.8 Å². The van der Waals surface area contributed by atoms with E-state index in [4.69, 9.17) is 11.6 Å². The summed E-state index contributed by atoms with van der Waals surface area (Å²) in [6, 6.07) is 3.67. The van der Waals surface area contributed by atoms with Crippen LogP contribution in [0.4, 0.5) is 18.3 Å². The van der Waals surface area contributed by atoms with Crippen LogP contribution < -0.4 is 5.32 Å². The van der Waals surface area contributed by atoms with E-state index in [0.717, 1.165) is 24.3 Å². The number of halogens is 4. The molecule has 1 fully saturated rings. The number of rotatable bonds is 4. The number of benzene rings is 1. The topological polar surface area (TPSA) is 79.4 Å². The molecule has 1 aromatic heterocycles. The number of nitrogens with one attached hydrogen (secondary N) is 1. The van der Waals surface area contributed by atoms with Gasteiger partial charge in [-0.1, -0.05) is 11.6 Å². The highest BCUT2D eigenvalue weighted by Crippen LogP contribution is 2.32. The molecule has 2 heterocycles. The smallest absolute Gasteiger partial charge is 0.298 e. The Morgan fingerprint density at radius 3 is 2.52 bits per heavy atom. The maximum absolute atomic E-state index is 12.6. The Balaban J connectivity index is 1.85. The van der Waals surface area contributed by atoms with Crippen LogP contribution in [-0.2, 0) is 16.2 Å². The molecule has 1 aliphatic heterocycles. The number of thiazole rings is 1. The number of hydrogen-bond donors (Lipinski definition) is 1. The molecule has 0 saturated carbocycles. The number of hydrogen-bond acceptors (Lipinski definition) is 5. The van der Waals surface area contributed by atoms with Crippen molar-refractivity contribution in [1.29, 1.82) is 0 Å². The van der Waals surface area contributed by atoms with Gasteiger partial charge in [0.25, 0.3) is 5.91 Å². The molecule has 1 aromatic carbocycles. The largest absolute Gasteiger partial charge is 0.434 e. The van der Waals surface area contributed by atoms with E-state index in [1.165, 1.54) is 16.4 Å². The zero-order valence-electron chi connectivity index (χ0n) is 13.6. The molecule has 0 unspecified atom stereocenters. The number of nitrogens with zero attached hydrogens (tertiary/aromatic N) is 2. The standard InChI is InChI=1S/C15H13ClF3N3O3S2/c16-11-4-3-9(27(24,25)22-5-1-2-6-22)7-10(11)13(23)21-14-20-12(8-26-14)15(17,18)19/h3-4,7-8H,1-2,5-6H2,(H,20,21,23). The number of aromatic nitrogens is 1. The van der Waals surface area contributed by atoms with Crippen LogP contribution in [0.3, 0.4) is 0 Å². The summed E-state index contributed by atoms with van der Waals surface area (Å²) in [6.45, 7) is 0.789. The Morgan fingerprint density at radius 2 is 1.93 bits per heavy atom. The van der Waals surface area contributed by atoms with Gasteiger partial charge < -0.3 is 0 Å². The van der Waals surface area contributed by atoms with E-state index < -0.39 is 27.8 Å². The molecule has 27 heavy (non-hydrogen) atoms. The first-order valence-electron chi connectivity index (χ1n) is 7.73. The first-order valence-corrected chi connectivity index (χ1v) is 10.4. The fourth-order valence-corrected chi connectivity index (χ4v) is 5.00. The Kier molecular flexibility index (Phi) is 5.48. The number of anilines is 1. The lowest BCUT2D eigenvalue weighted by Gasteiger charge is -2.16. The molecule has 0 radical (unpaired) electrons. The summed E-state index contributed by atoms with van der Waals surface area (Å²) in [4.78, 5) is 15.6. The molecule has 146 valence electrons. The van der Waals surface area contributed by atoms with Crippen LogP contribution in [0.15, 0.2) is 28.5 Å². The van der Waals surface area contributed by atoms with Crippen molar-refractivity contribution in [3.63, 3.8) is 0 Å². The summed E-state index contributed by atoms with van der Waals surface area (Å²) < 4.78 is 64.3. The van der Waals surface area contributed by atoms with Gasteiger partial charge in [0.05, 0.1) is 15.5 Å². The van der Waals surface area contributed by atoms with Crippen molar-refractivity contribution in [3.05, 3.63) is 39.9 Å². The summed E-state index contributed by atoms with van der Waals surface area (Å²) in [7, 11) is -3.77. The molecule has 12 heteroatoms. The van der Waals surface area contributed by atoms with Gasteiger partial charge in [-0.05, 0) is 31.0 Å². The lowest BCUT2D eigenvalue weighted by Crippen LogP contribution is -2.28. The fraction of sp³-hybridized carbons (Fsp3) is 0.333. The molecule has 1 amide bonds. The second-order valence-corrected chi connectivity index (χ2v) is 8.95. The maximum atomic E-state index is 12.6. The van der Waals surface area contributed by atoms with E-state index >= 15 is 0 Å². The summed E-state index contributed by atoms with van der Waals surface area (Å²) in [5.74, 6) is -0.846. The molecule has 0 aliphatic carbocycles. The Labute approximate surface area is 162 Å². The van der Waals surface area contributed by atoms with Crippen molar-refractivity contribution in [3.8, 4) is 0 Å². The summed E-state index contributed by atoms with van der Waals surface area (Å²) in [5.41, 5.74) is -1.29. The van der Waals surface area contributed by atoms with Crippen LogP contribution in [0.5, 0.6) is 0 Å². The minimum absolute atomic E-state index is 0.0273. The minimum Gasteiger partial charge on any atom is -0.298 e. The Morgan fingerprint density at radius 1 is 1.26 bits per heavy atom. The molecule has 0 bridgehead atoms. The summed E-state index contributed by atoms with van der Waals surface area (Å²) in [5, 5.41) is 2.69. The third-order valence-electron chi connectivity index (χ3n) is 3.90. The van der Waals surface area contributed by atoms with Gasteiger partial charge in [-0.25, -0.2) is 13.4 Å². The Hall–Kier alpha value is -1.69. The third-order valence-corrected chi connectivity index (χ3v) is 6.88. The van der Waals surface area contributed by atoms with E-state index in [9.17, 15) is 26.4 Å². The second kappa shape index (κ2) is 7.38. The average molecular weight is 440 g/mol. The molecule has 0 spiro atoms. The zero-order chi connectivity index (χ0) is 19.8. The molecule has 1 saturated heterocycles. The first kappa shape index (κ1) is 20.1. The van der Waals surface area contributed by atoms with Crippen LogP contribution in [0.25, 0.3) is 0 Å². The molecular weight excluding hydrogens is 427 g/mol. The molecule has 0 atom stereocenters. The zero-order valence-corrected chi connectivity index (χ0v) is 16.0. The van der Waals surface area contributed by atoms with E-state index in [2.05, 4.69) is 10.3 Å². The highest BCUT2D eigenvalue weighted by molar-refractivity contribution is 7.89. The lowest BCUT2D eigenvalue weighted by molar-refractivity contribution is -0.140. The van der Waals surface area contributed by atoms with Crippen LogP contribution in [-0.4, -0.2) is 36.7 Å². The monoisotopic (exact) mass is 439 g/mol. The van der Waals surface area contributed by atoms with Gasteiger partial charge in [-0.15, -0.1) is 11.3 Å². The molecule has 1 N–H and O–H groups in total. The third kappa shape index (κ3) is 4.26. The maximum Gasteiger partial charge on any atom is 0.434 e. The number of alkyl halides is 3. The fourth-order valence-electron chi connectivity index (χ4n) is 2.54. The van der Waals surface area contributed by atoms with Gasteiger partial charge in [-0.2, -0.15) is 17.5 Å². The average Bonchev–Trinajstić information content (AvgIpc) is 3.26. The van der Waals surface area contributed by atoms with Crippen molar-refractivity contribution in [2.75, 3.05) is 18.4 Å². The SMILES string of the molecule is O=C(Nc1nc(C(F)(F)F)cs1)c1cc(S(=O)(=O)N2CCCC2)ccc1Cl. The predicted molar refractivity (Wildman–Crippen MR) is 94.5 cm³/mol. The lowest BCUT2D eigenvalue weighted by atomic mass is 10.2. The molecule has 1 aliphatic rings. The Bertz CT molecular complexity index is 970. The predicted octanol–water partition coefficient (Wildman–Crippen LogP) is 3.85. The molecule has 3 rings (SSSR count). The summed E-state index contributed by atoms with van der Waals surface area (Å²) in [6.07, 6.45) is -3.11. The van der Waals surface area contributed by atoms with Crippen molar-refractivity contribution < 1.29 is 26.4 Å². The number of carbonyl (C=O) groups is 1. The van der Waals surface area contributed by atoms with Crippen LogP contribution in [0.2, 0.25) is 5.02 Å². The van der Waals surface area contributed by atoms with Gasteiger partial charge in [0.1, 0.15) is 0 Å². The van der Waals surface area contributed by atoms with E-state index in [1.54, 1.807) is 0 Å². The number of carbonyl (C=O) groups excluding carboxylic acids is 1. The number of sulfonamides is 1. The summed E-state index contributed by atoms with van der Waals surface area (Å²) >= 11 is 6.58. The van der Waals surface area contributed by atoms with Crippen LogP contribution in [0.1, 0.15) is 28.9 Å². The van der Waals surface area contributed by atoms with E-state index in [0.29, 0.717) is 24.4 Å². The minimum atomic E-state index is -4.62. The molecule has 6 nitrogen and oxygen atoms in total. The quantitative estimate of drug-likeness (QED) is 0.784. The van der Waals surface area contributed by atoms with E-state index in [1.807, 2.05) is 0 Å².